The molecular weight excluding hydrogens is 385 g/mol. The fraction of sp³-hybridized carbons (Fsp3) is 0.0870. The van der Waals surface area contributed by atoms with Gasteiger partial charge in [-0.3, -0.25) is 4.79 Å². The number of halogens is 1. The Bertz CT molecular complexity index is 1260. The summed E-state index contributed by atoms with van der Waals surface area (Å²) >= 11 is 0. The van der Waals surface area contributed by atoms with Crippen molar-refractivity contribution in [2.24, 2.45) is 10.2 Å². The van der Waals surface area contributed by atoms with Gasteiger partial charge in [0.25, 0.3) is 5.91 Å². The second-order valence-corrected chi connectivity index (χ2v) is 6.91. The van der Waals surface area contributed by atoms with Crippen molar-refractivity contribution >= 4 is 22.5 Å². The first-order valence-electron chi connectivity index (χ1n) is 9.28. The van der Waals surface area contributed by atoms with E-state index in [4.69, 9.17) is 0 Å². The maximum atomic E-state index is 13.7. The van der Waals surface area contributed by atoms with Crippen LogP contribution in [0.5, 0.6) is 11.6 Å². The molecule has 0 fully saturated rings. The standard InChI is InChI=1S/C23H18FN3O3/c1-13(14-8-10-17(28)11-9-14)22(29)27-26-21-20-18(15-4-2-5-16(24)12-15)6-3-7-19(20)25-23(21)30/h2-13,25,28,30H,1H3. The van der Waals surface area contributed by atoms with Crippen LogP contribution in [-0.2, 0) is 4.79 Å². The summed E-state index contributed by atoms with van der Waals surface area (Å²) in [6.07, 6.45) is 0. The molecule has 1 unspecified atom stereocenters. The summed E-state index contributed by atoms with van der Waals surface area (Å²) in [4.78, 5) is 15.3. The van der Waals surface area contributed by atoms with Crippen LogP contribution in [0, 0.1) is 5.82 Å². The van der Waals surface area contributed by atoms with Gasteiger partial charge < -0.3 is 15.2 Å². The molecule has 3 aromatic carbocycles. The quantitative estimate of drug-likeness (QED) is 0.376. The highest BCUT2D eigenvalue weighted by atomic mass is 19.1. The molecule has 4 aromatic rings. The molecular formula is C23H18FN3O3. The number of aromatic amines is 1. The van der Waals surface area contributed by atoms with Crippen molar-refractivity contribution in [2.45, 2.75) is 12.8 Å². The Hall–Kier alpha value is -4.00. The largest absolute Gasteiger partial charge is 0.508 e. The number of nitrogens with one attached hydrogen (secondary N) is 1. The van der Waals surface area contributed by atoms with E-state index in [0.717, 1.165) is 0 Å². The smallest absolute Gasteiger partial charge is 0.271 e. The number of H-pyrrole nitrogens is 1. The van der Waals surface area contributed by atoms with E-state index >= 15 is 0 Å². The number of carbonyl (C=O) groups is 1. The van der Waals surface area contributed by atoms with E-state index < -0.39 is 11.8 Å². The highest BCUT2D eigenvalue weighted by molar-refractivity contribution is 6.05. The van der Waals surface area contributed by atoms with Crippen LogP contribution in [0.1, 0.15) is 18.4 Å². The zero-order valence-corrected chi connectivity index (χ0v) is 16.0. The first-order valence-corrected chi connectivity index (χ1v) is 9.28. The number of amides is 1. The number of aromatic nitrogens is 1. The number of benzene rings is 3. The van der Waals surface area contributed by atoms with Gasteiger partial charge in [0.15, 0.2) is 5.69 Å². The maximum Gasteiger partial charge on any atom is 0.271 e. The average molecular weight is 403 g/mol. The van der Waals surface area contributed by atoms with Crippen molar-refractivity contribution in [1.82, 2.24) is 4.98 Å². The van der Waals surface area contributed by atoms with E-state index in [-0.39, 0.29) is 23.1 Å². The summed E-state index contributed by atoms with van der Waals surface area (Å²) < 4.78 is 13.7. The molecule has 30 heavy (non-hydrogen) atoms. The number of hydrogen-bond acceptors (Lipinski definition) is 4. The van der Waals surface area contributed by atoms with E-state index in [1.54, 1.807) is 49.4 Å². The fourth-order valence-electron chi connectivity index (χ4n) is 3.30. The fourth-order valence-corrected chi connectivity index (χ4v) is 3.30. The highest BCUT2D eigenvalue weighted by Gasteiger charge is 2.18. The molecule has 1 aromatic heterocycles. The third-order valence-corrected chi connectivity index (χ3v) is 4.93. The number of aromatic hydroxyl groups is 2. The van der Waals surface area contributed by atoms with Crippen LogP contribution >= 0.6 is 0 Å². The summed E-state index contributed by atoms with van der Waals surface area (Å²) in [7, 11) is 0. The zero-order valence-electron chi connectivity index (χ0n) is 16.0. The number of phenolic OH excluding ortho intramolecular Hbond substituents is 1. The number of hydrogen-bond donors (Lipinski definition) is 3. The van der Waals surface area contributed by atoms with Crippen LogP contribution in [0.4, 0.5) is 10.1 Å². The van der Waals surface area contributed by atoms with Crippen LogP contribution in [0.3, 0.4) is 0 Å². The highest BCUT2D eigenvalue weighted by Crippen LogP contribution is 2.41. The molecule has 1 atom stereocenters. The van der Waals surface area contributed by atoms with Crippen molar-refractivity contribution in [2.75, 3.05) is 0 Å². The Balaban J connectivity index is 1.73. The Morgan fingerprint density at radius 3 is 2.50 bits per heavy atom. The SMILES string of the molecule is CC(C(=O)N=Nc1c(O)[nH]c2cccc(-c3cccc(F)c3)c12)c1ccc(O)cc1. The minimum atomic E-state index is -0.579. The van der Waals surface area contributed by atoms with Crippen LogP contribution in [0.25, 0.3) is 22.0 Å². The van der Waals surface area contributed by atoms with Crippen molar-refractivity contribution in [3.8, 4) is 22.8 Å². The van der Waals surface area contributed by atoms with E-state index in [1.165, 1.54) is 24.3 Å². The molecule has 1 heterocycles. The van der Waals surface area contributed by atoms with Crippen molar-refractivity contribution in [3.05, 3.63) is 78.1 Å². The molecule has 0 spiro atoms. The van der Waals surface area contributed by atoms with E-state index in [1.807, 2.05) is 0 Å². The Labute approximate surface area is 171 Å². The lowest BCUT2D eigenvalue weighted by Crippen LogP contribution is -2.05. The molecule has 6 nitrogen and oxygen atoms in total. The first kappa shape index (κ1) is 19.3. The molecule has 0 aliphatic carbocycles. The lowest BCUT2D eigenvalue weighted by atomic mass is 10.0. The molecule has 3 N–H and O–H groups in total. The van der Waals surface area contributed by atoms with Gasteiger partial charge >= 0.3 is 0 Å². The van der Waals surface area contributed by atoms with Gasteiger partial charge in [0, 0.05) is 5.39 Å². The van der Waals surface area contributed by atoms with Crippen molar-refractivity contribution < 1.29 is 19.4 Å². The summed E-state index contributed by atoms with van der Waals surface area (Å²) in [6, 6.07) is 17.7. The predicted octanol–water partition coefficient (Wildman–Crippen LogP) is 5.80. The molecule has 0 bridgehead atoms. The summed E-state index contributed by atoms with van der Waals surface area (Å²) in [5, 5.41) is 28.1. The molecule has 1 amide bonds. The van der Waals surface area contributed by atoms with Gasteiger partial charge in [-0.15, -0.1) is 10.2 Å². The summed E-state index contributed by atoms with van der Waals surface area (Å²) in [5.74, 6) is -1.59. The predicted molar refractivity (Wildman–Crippen MR) is 111 cm³/mol. The van der Waals surface area contributed by atoms with Crippen molar-refractivity contribution in [3.63, 3.8) is 0 Å². The van der Waals surface area contributed by atoms with E-state index in [9.17, 15) is 19.4 Å². The zero-order chi connectivity index (χ0) is 21.3. The number of fused-ring (bicyclic) bond motifs is 1. The number of nitrogens with zero attached hydrogens (tertiary/aromatic N) is 2. The van der Waals surface area contributed by atoms with Crippen molar-refractivity contribution in [1.29, 1.82) is 0 Å². The monoisotopic (exact) mass is 403 g/mol. The minimum Gasteiger partial charge on any atom is -0.508 e. The molecule has 0 aliphatic rings. The van der Waals surface area contributed by atoms with Crippen LogP contribution in [-0.4, -0.2) is 21.1 Å². The van der Waals surface area contributed by atoms with Gasteiger partial charge in [-0.2, -0.15) is 0 Å². The number of rotatable bonds is 4. The third-order valence-electron chi connectivity index (χ3n) is 4.93. The van der Waals surface area contributed by atoms with Gasteiger partial charge in [0.05, 0.1) is 11.4 Å². The van der Waals surface area contributed by atoms with Gasteiger partial charge in [-0.05, 0) is 53.9 Å². The molecule has 0 saturated carbocycles. The molecule has 4 rings (SSSR count). The van der Waals surface area contributed by atoms with Crippen LogP contribution < -0.4 is 0 Å². The lowest BCUT2D eigenvalue weighted by molar-refractivity contribution is -0.119. The average Bonchev–Trinajstić information content (AvgIpc) is 3.07. The second kappa shape index (κ2) is 7.79. The third kappa shape index (κ3) is 3.65. The Morgan fingerprint density at radius 1 is 1.03 bits per heavy atom. The maximum absolute atomic E-state index is 13.7. The second-order valence-electron chi connectivity index (χ2n) is 6.91. The number of phenols is 1. The molecule has 0 radical (unpaired) electrons. The van der Waals surface area contributed by atoms with Crippen LogP contribution in [0.2, 0.25) is 0 Å². The normalized spacial score (nSPS) is 12.5. The van der Waals surface area contributed by atoms with Gasteiger partial charge in [-0.25, -0.2) is 4.39 Å². The Kier molecular flexibility index (Phi) is 5.02. The summed E-state index contributed by atoms with van der Waals surface area (Å²) in [6.45, 7) is 1.68. The molecule has 0 aliphatic heterocycles. The van der Waals surface area contributed by atoms with Crippen LogP contribution in [0.15, 0.2) is 77.0 Å². The van der Waals surface area contributed by atoms with E-state index in [0.29, 0.717) is 27.6 Å². The topological polar surface area (TPSA) is 98.0 Å². The molecule has 0 saturated heterocycles. The Morgan fingerprint density at radius 2 is 1.77 bits per heavy atom. The van der Waals surface area contributed by atoms with E-state index in [2.05, 4.69) is 15.2 Å². The first-order chi connectivity index (χ1) is 14.4. The number of carbonyl (C=O) groups excluding carboxylic acids is 1. The summed E-state index contributed by atoms with van der Waals surface area (Å²) in [5.41, 5.74) is 2.63. The van der Waals surface area contributed by atoms with Gasteiger partial charge in [0.1, 0.15) is 11.6 Å². The number of azo groups is 1. The van der Waals surface area contributed by atoms with Gasteiger partial charge in [0.2, 0.25) is 5.88 Å². The lowest BCUT2D eigenvalue weighted by Gasteiger charge is -2.07. The van der Waals surface area contributed by atoms with Gasteiger partial charge in [-0.1, -0.05) is 36.4 Å². The molecule has 7 heteroatoms. The molecule has 150 valence electrons. The minimum absolute atomic E-state index is 0.105.